The molecule has 1 aliphatic heterocycles. The minimum absolute atomic E-state index is 0.0167. The molecule has 1 aromatic heterocycles. The van der Waals surface area contributed by atoms with Crippen LogP contribution in [0.15, 0.2) is 65.7 Å². The van der Waals surface area contributed by atoms with Gasteiger partial charge in [0.2, 0.25) is 5.91 Å². The maximum atomic E-state index is 13.0. The number of hydrogen-bond acceptors (Lipinski definition) is 4. The van der Waals surface area contributed by atoms with E-state index in [-0.39, 0.29) is 23.5 Å². The molecule has 0 N–H and O–H groups in total. The Morgan fingerprint density at radius 3 is 2.59 bits per heavy atom. The van der Waals surface area contributed by atoms with Gasteiger partial charge in [0.15, 0.2) is 0 Å². The number of nitrogens with zero attached hydrogens (tertiary/aromatic N) is 2. The summed E-state index contributed by atoms with van der Waals surface area (Å²) in [5.74, 6) is -0.262. The first-order valence-corrected chi connectivity index (χ1v) is 10.2. The zero-order chi connectivity index (χ0) is 19.0. The molecule has 2 aromatic carbocycles. The lowest BCUT2D eigenvalue weighted by Crippen LogP contribution is -2.28. The van der Waals surface area contributed by atoms with Crippen molar-refractivity contribution in [2.75, 3.05) is 20.4 Å². The molecule has 1 fully saturated rings. The van der Waals surface area contributed by atoms with Gasteiger partial charge in [-0.05, 0) is 36.2 Å². The van der Waals surface area contributed by atoms with Crippen molar-refractivity contribution in [1.82, 2.24) is 8.87 Å². The topological polar surface area (TPSA) is 68.6 Å². The van der Waals surface area contributed by atoms with Crippen molar-refractivity contribution in [3.05, 3.63) is 66.4 Å². The van der Waals surface area contributed by atoms with Crippen molar-refractivity contribution in [2.24, 2.45) is 0 Å². The number of carbonyl (C=O) groups is 1. The van der Waals surface area contributed by atoms with Crippen molar-refractivity contribution < 1.29 is 17.9 Å². The Morgan fingerprint density at radius 2 is 1.85 bits per heavy atom. The van der Waals surface area contributed by atoms with E-state index in [0.29, 0.717) is 18.5 Å². The summed E-state index contributed by atoms with van der Waals surface area (Å²) in [4.78, 5) is 14.6. The van der Waals surface area contributed by atoms with Crippen LogP contribution in [-0.2, 0) is 19.6 Å². The van der Waals surface area contributed by atoms with Crippen LogP contribution in [0.3, 0.4) is 0 Å². The predicted molar refractivity (Wildman–Crippen MR) is 102 cm³/mol. The van der Waals surface area contributed by atoms with Crippen molar-refractivity contribution in [3.8, 4) is 0 Å². The van der Waals surface area contributed by atoms with Crippen molar-refractivity contribution in [3.63, 3.8) is 0 Å². The highest BCUT2D eigenvalue weighted by Crippen LogP contribution is 2.34. The molecule has 0 spiro atoms. The van der Waals surface area contributed by atoms with Gasteiger partial charge in [-0.25, -0.2) is 12.4 Å². The van der Waals surface area contributed by atoms with E-state index in [1.165, 1.54) is 3.97 Å². The molecule has 1 saturated heterocycles. The molecule has 1 amide bonds. The number of benzene rings is 2. The van der Waals surface area contributed by atoms with Crippen molar-refractivity contribution in [2.45, 2.75) is 17.2 Å². The summed E-state index contributed by atoms with van der Waals surface area (Å²) in [5.41, 5.74) is 1.44. The molecule has 2 heterocycles. The van der Waals surface area contributed by atoms with Crippen LogP contribution < -0.4 is 0 Å². The smallest absolute Gasteiger partial charge is 0.268 e. The van der Waals surface area contributed by atoms with Gasteiger partial charge in [-0.2, -0.15) is 0 Å². The molecule has 6 nitrogen and oxygen atoms in total. The zero-order valence-electron chi connectivity index (χ0n) is 14.9. The zero-order valence-corrected chi connectivity index (χ0v) is 15.7. The van der Waals surface area contributed by atoms with Gasteiger partial charge in [0.1, 0.15) is 6.73 Å². The molecule has 0 radical (unpaired) electrons. The molecule has 1 aliphatic rings. The number of fused-ring (bicyclic) bond motifs is 1. The van der Waals surface area contributed by atoms with Gasteiger partial charge in [-0.3, -0.25) is 4.79 Å². The maximum Gasteiger partial charge on any atom is 0.268 e. The van der Waals surface area contributed by atoms with Gasteiger partial charge in [-0.15, -0.1) is 0 Å². The highest BCUT2D eigenvalue weighted by atomic mass is 32.2. The van der Waals surface area contributed by atoms with E-state index in [2.05, 4.69) is 0 Å². The molecule has 7 heteroatoms. The van der Waals surface area contributed by atoms with Gasteiger partial charge < -0.3 is 9.64 Å². The van der Waals surface area contributed by atoms with Crippen LogP contribution in [0.4, 0.5) is 0 Å². The van der Waals surface area contributed by atoms with Crippen LogP contribution in [0.5, 0.6) is 0 Å². The second-order valence-corrected chi connectivity index (χ2v) is 8.39. The number of likely N-dealkylation sites (tertiary alicyclic amines) is 1. The van der Waals surface area contributed by atoms with E-state index in [0.717, 1.165) is 10.9 Å². The fraction of sp³-hybridized carbons (Fsp3) is 0.250. The number of ether oxygens (including phenoxy) is 1. The van der Waals surface area contributed by atoms with Crippen LogP contribution in [0.2, 0.25) is 0 Å². The molecular formula is C20H20N2O4S. The Hall–Kier alpha value is -2.64. The molecule has 0 saturated carbocycles. The number of aromatic nitrogens is 1. The van der Waals surface area contributed by atoms with E-state index in [9.17, 15) is 13.2 Å². The van der Waals surface area contributed by atoms with Crippen LogP contribution in [0.1, 0.15) is 17.9 Å². The van der Waals surface area contributed by atoms with Crippen LogP contribution in [-0.4, -0.2) is 43.6 Å². The van der Waals surface area contributed by atoms with Gasteiger partial charge in [0, 0.05) is 25.2 Å². The summed E-state index contributed by atoms with van der Waals surface area (Å²) in [6.07, 6.45) is 2.25. The first-order chi connectivity index (χ1) is 13.0. The Morgan fingerprint density at radius 1 is 1.07 bits per heavy atom. The Balaban J connectivity index is 1.79. The lowest BCUT2D eigenvalue weighted by molar-refractivity contribution is -0.132. The molecule has 3 aromatic rings. The Bertz CT molecular complexity index is 1090. The third-order valence-electron chi connectivity index (χ3n) is 4.99. The normalized spacial score (nSPS) is 17.7. The van der Waals surface area contributed by atoms with Gasteiger partial charge in [0.25, 0.3) is 10.0 Å². The first-order valence-electron chi connectivity index (χ1n) is 8.72. The third-order valence-corrected chi connectivity index (χ3v) is 6.69. The molecule has 4 rings (SSSR count). The second kappa shape index (κ2) is 6.83. The Labute approximate surface area is 158 Å². The number of methoxy groups -OCH3 is 1. The highest BCUT2D eigenvalue weighted by Gasteiger charge is 2.34. The van der Waals surface area contributed by atoms with Gasteiger partial charge in [0.05, 0.1) is 16.3 Å². The number of carbonyl (C=O) groups excluding carboxylic acids is 1. The maximum absolute atomic E-state index is 13.0. The number of hydrogen-bond donors (Lipinski definition) is 0. The summed E-state index contributed by atoms with van der Waals surface area (Å²) in [6, 6.07) is 15.6. The third kappa shape index (κ3) is 2.93. The fourth-order valence-electron chi connectivity index (χ4n) is 3.70. The monoisotopic (exact) mass is 384 g/mol. The van der Waals surface area contributed by atoms with E-state index >= 15 is 0 Å². The van der Waals surface area contributed by atoms with Crippen molar-refractivity contribution in [1.29, 1.82) is 0 Å². The number of amides is 1. The molecule has 140 valence electrons. The van der Waals surface area contributed by atoms with Gasteiger partial charge in [-0.1, -0.05) is 30.3 Å². The summed E-state index contributed by atoms with van der Waals surface area (Å²) < 4.78 is 32.4. The quantitative estimate of drug-likeness (QED) is 0.678. The minimum Gasteiger partial charge on any atom is -0.364 e. The van der Waals surface area contributed by atoms with E-state index in [4.69, 9.17) is 4.74 Å². The van der Waals surface area contributed by atoms with Crippen LogP contribution in [0, 0.1) is 0 Å². The average Bonchev–Trinajstić information content (AvgIpc) is 3.27. The summed E-state index contributed by atoms with van der Waals surface area (Å²) in [6.45, 7) is 0.908. The highest BCUT2D eigenvalue weighted by molar-refractivity contribution is 7.90. The predicted octanol–water partition coefficient (Wildman–Crippen LogP) is 2.80. The molecule has 0 bridgehead atoms. The second-order valence-electron chi connectivity index (χ2n) is 6.57. The summed E-state index contributed by atoms with van der Waals surface area (Å²) in [7, 11) is -2.13. The SMILES string of the molecule is COCN1CCC(c2cccc3c2ccn3S(=O)(=O)c2ccccc2)C1=O. The fourth-order valence-corrected chi connectivity index (χ4v) is 5.07. The lowest BCUT2D eigenvalue weighted by Gasteiger charge is -2.16. The average molecular weight is 384 g/mol. The van der Waals surface area contributed by atoms with Crippen LogP contribution in [0.25, 0.3) is 10.9 Å². The van der Waals surface area contributed by atoms with Crippen molar-refractivity contribution >= 4 is 26.8 Å². The van der Waals surface area contributed by atoms with Gasteiger partial charge >= 0.3 is 0 Å². The summed E-state index contributed by atoms with van der Waals surface area (Å²) in [5, 5.41) is 0.787. The molecule has 0 aliphatic carbocycles. The van der Waals surface area contributed by atoms with Crippen LogP contribution >= 0.6 is 0 Å². The molecule has 1 unspecified atom stereocenters. The largest absolute Gasteiger partial charge is 0.364 e. The van der Waals surface area contributed by atoms with E-state index < -0.39 is 10.0 Å². The molecule has 27 heavy (non-hydrogen) atoms. The molecule has 1 atom stereocenters. The van der Waals surface area contributed by atoms with E-state index in [1.54, 1.807) is 66.7 Å². The lowest BCUT2D eigenvalue weighted by atomic mass is 9.94. The molecular weight excluding hydrogens is 364 g/mol. The first kappa shape index (κ1) is 17.8. The van der Waals surface area contributed by atoms with E-state index in [1.807, 2.05) is 6.07 Å². The minimum atomic E-state index is -3.69. The standard InChI is InChI=1S/C20H20N2O4S/c1-26-14-21-12-10-18(20(21)23)16-8-5-9-19-17(16)11-13-22(19)27(24,25)15-6-3-2-4-7-15/h2-9,11,13,18H,10,12,14H2,1H3. The summed E-state index contributed by atoms with van der Waals surface area (Å²) >= 11 is 0. The number of rotatable bonds is 5. The Kier molecular flexibility index (Phi) is 4.49.